The molecule has 2 aliphatic heterocycles. The van der Waals surface area contributed by atoms with Crippen LogP contribution in [0.3, 0.4) is 0 Å². The quantitative estimate of drug-likeness (QED) is 0.661. The van der Waals surface area contributed by atoms with Gasteiger partial charge >= 0.3 is 0 Å². The van der Waals surface area contributed by atoms with Crippen molar-refractivity contribution < 1.29 is 0 Å². The van der Waals surface area contributed by atoms with E-state index in [1.54, 1.807) is 0 Å². The van der Waals surface area contributed by atoms with E-state index in [2.05, 4.69) is 39.1 Å². The molecule has 0 spiro atoms. The molecule has 4 nitrogen and oxygen atoms in total. The molecule has 3 rings (SSSR count). The average Bonchev–Trinajstić information content (AvgIpc) is 2.69. The lowest BCUT2D eigenvalue weighted by molar-refractivity contribution is 0.795. The van der Waals surface area contributed by atoms with E-state index in [0.717, 1.165) is 23.9 Å². The van der Waals surface area contributed by atoms with Crippen molar-refractivity contribution in [2.24, 2.45) is 0 Å². The van der Waals surface area contributed by atoms with Crippen LogP contribution in [0.1, 0.15) is 18.7 Å². The Bertz CT molecular complexity index is 441. The Kier molecular flexibility index (Phi) is 2.09. The number of hydrogen-bond acceptors (Lipinski definition) is 4. The van der Waals surface area contributed by atoms with Crippen LogP contribution >= 0.6 is 0 Å². The second-order valence-corrected chi connectivity index (χ2v) is 4.48. The van der Waals surface area contributed by atoms with Gasteiger partial charge in [0.05, 0.1) is 12.2 Å². The smallest absolute Gasteiger partial charge is 0.156 e. The number of aryl methyl sites for hydroxylation is 1. The molecule has 16 heavy (non-hydrogen) atoms. The summed E-state index contributed by atoms with van der Waals surface area (Å²) in [5.74, 6) is 1.93. The molecule has 1 aromatic rings. The maximum Gasteiger partial charge on any atom is 0.156 e. The Morgan fingerprint density at radius 3 is 3.19 bits per heavy atom. The molecule has 1 atom stereocenters. The molecule has 1 fully saturated rings. The summed E-state index contributed by atoms with van der Waals surface area (Å²) in [6.07, 6.45) is 8.80. The van der Waals surface area contributed by atoms with Gasteiger partial charge in [0.1, 0.15) is 11.5 Å². The Morgan fingerprint density at radius 2 is 2.31 bits per heavy atom. The molecule has 0 amide bonds. The van der Waals surface area contributed by atoms with Gasteiger partial charge in [0, 0.05) is 19.8 Å². The molecule has 1 saturated heterocycles. The molecule has 84 valence electrons. The zero-order valence-electron chi connectivity index (χ0n) is 9.72. The van der Waals surface area contributed by atoms with Crippen molar-refractivity contribution in [2.75, 3.05) is 23.4 Å². The van der Waals surface area contributed by atoms with E-state index < -0.39 is 0 Å². The highest BCUT2D eigenvalue weighted by molar-refractivity contribution is 5.69. The SMILES string of the molecule is Cc1ncc2c(n1)N1CCCC1C=CN2C. The summed E-state index contributed by atoms with van der Waals surface area (Å²) in [4.78, 5) is 13.4. The van der Waals surface area contributed by atoms with Gasteiger partial charge in [-0.05, 0) is 25.8 Å². The number of hydrogen-bond donors (Lipinski definition) is 0. The van der Waals surface area contributed by atoms with Gasteiger partial charge in [-0.1, -0.05) is 0 Å². The molecular formula is C12H16N4. The predicted octanol–water partition coefficient (Wildman–Crippen LogP) is 1.72. The minimum Gasteiger partial charge on any atom is -0.348 e. The fourth-order valence-corrected chi connectivity index (χ4v) is 2.48. The number of rotatable bonds is 0. The summed E-state index contributed by atoms with van der Waals surface area (Å²) < 4.78 is 0. The lowest BCUT2D eigenvalue weighted by atomic mass is 10.2. The number of anilines is 2. The van der Waals surface area contributed by atoms with Crippen LogP contribution in [0.5, 0.6) is 0 Å². The third-order valence-corrected chi connectivity index (χ3v) is 3.35. The highest BCUT2D eigenvalue weighted by Crippen LogP contribution is 2.34. The minimum atomic E-state index is 0.512. The van der Waals surface area contributed by atoms with Crippen LogP contribution in [0.15, 0.2) is 18.5 Å². The lowest BCUT2D eigenvalue weighted by Crippen LogP contribution is -2.28. The van der Waals surface area contributed by atoms with E-state index in [4.69, 9.17) is 0 Å². The number of fused-ring (bicyclic) bond motifs is 3. The van der Waals surface area contributed by atoms with Gasteiger partial charge in [0.2, 0.25) is 0 Å². The topological polar surface area (TPSA) is 32.3 Å². The van der Waals surface area contributed by atoms with Crippen molar-refractivity contribution in [3.8, 4) is 0 Å². The van der Waals surface area contributed by atoms with Crippen molar-refractivity contribution >= 4 is 11.5 Å². The maximum atomic E-state index is 4.60. The highest BCUT2D eigenvalue weighted by atomic mass is 15.3. The number of nitrogens with zero attached hydrogens (tertiary/aromatic N) is 4. The molecule has 1 unspecified atom stereocenters. The summed E-state index contributed by atoms with van der Waals surface area (Å²) >= 11 is 0. The summed E-state index contributed by atoms with van der Waals surface area (Å²) in [7, 11) is 2.05. The predicted molar refractivity (Wildman–Crippen MR) is 64.7 cm³/mol. The Labute approximate surface area is 95.6 Å². The van der Waals surface area contributed by atoms with E-state index in [9.17, 15) is 0 Å². The number of aromatic nitrogens is 2. The first-order chi connectivity index (χ1) is 7.75. The van der Waals surface area contributed by atoms with Crippen LogP contribution in [-0.2, 0) is 0 Å². The average molecular weight is 216 g/mol. The van der Waals surface area contributed by atoms with Crippen LogP contribution in [0.4, 0.5) is 11.5 Å². The second-order valence-electron chi connectivity index (χ2n) is 4.48. The van der Waals surface area contributed by atoms with Crippen molar-refractivity contribution in [3.63, 3.8) is 0 Å². The fraction of sp³-hybridized carbons (Fsp3) is 0.500. The molecule has 0 aliphatic carbocycles. The van der Waals surface area contributed by atoms with Crippen molar-refractivity contribution in [2.45, 2.75) is 25.8 Å². The van der Waals surface area contributed by atoms with E-state index in [1.165, 1.54) is 12.8 Å². The zero-order valence-corrected chi connectivity index (χ0v) is 9.72. The fourth-order valence-electron chi connectivity index (χ4n) is 2.48. The molecule has 4 heteroatoms. The molecule has 0 aromatic carbocycles. The van der Waals surface area contributed by atoms with Crippen molar-refractivity contribution in [1.29, 1.82) is 0 Å². The van der Waals surface area contributed by atoms with Gasteiger partial charge in [-0.15, -0.1) is 0 Å². The van der Waals surface area contributed by atoms with Crippen molar-refractivity contribution in [3.05, 3.63) is 24.3 Å². The second kappa shape index (κ2) is 3.47. The molecule has 0 saturated carbocycles. The molecule has 0 bridgehead atoms. The maximum absolute atomic E-state index is 4.60. The standard InChI is InChI=1S/C12H16N4/c1-9-13-8-11-12(14-9)16-6-3-4-10(16)5-7-15(11)2/h5,7-8,10H,3-4,6H2,1-2H3. The first kappa shape index (κ1) is 9.63. The van der Waals surface area contributed by atoms with Gasteiger partial charge in [-0.3, -0.25) is 0 Å². The summed E-state index contributed by atoms with van der Waals surface area (Å²) in [5.41, 5.74) is 1.10. The van der Waals surface area contributed by atoms with Gasteiger partial charge in [-0.2, -0.15) is 0 Å². The molecule has 0 radical (unpaired) electrons. The largest absolute Gasteiger partial charge is 0.348 e. The minimum absolute atomic E-state index is 0.512. The van der Waals surface area contributed by atoms with Crippen LogP contribution in [-0.4, -0.2) is 29.6 Å². The molecule has 1 aromatic heterocycles. The zero-order chi connectivity index (χ0) is 11.1. The first-order valence-electron chi connectivity index (χ1n) is 5.77. The van der Waals surface area contributed by atoms with Gasteiger partial charge in [0.15, 0.2) is 5.82 Å². The Balaban J connectivity index is 2.14. The third-order valence-electron chi connectivity index (χ3n) is 3.35. The summed E-state index contributed by atoms with van der Waals surface area (Å²) in [6.45, 7) is 3.05. The van der Waals surface area contributed by atoms with E-state index in [1.807, 2.05) is 13.1 Å². The monoisotopic (exact) mass is 216 g/mol. The van der Waals surface area contributed by atoms with Crippen LogP contribution in [0.2, 0.25) is 0 Å². The van der Waals surface area contributed by atoms with E-state index in [0.29, 0.717) is 6.04 Å². The van der Waals surface area contributed by atoms with Crippen LogP contribution < -0.4 is 9.80 Å². The normalized spacial score (nSPS) is 23.0. The Hall–Kier alpha value is -1.58. The summed E-state index contributed by atoms with van der Waals surface area (Å²) in [6, 6.07) is 0.512. The van der Waals surface area contributed by atoms with Gasteiger partial charge < -0.3 is 9.80 Å². The molecule has 2 aliphatic rings. The third kappa shape index (κ3) is 1.37. The molecule has 3 heterocycles. The van der Waals surface area contributed by atoms with Gasteiger partial charge in [0.25, 0.3) is 0 Å². The van der Waals surface area contributed by atoms with E-state index in [-0.39, 0.29) is 0 Å². The summed E-state index contributed by atoms with van der Waals surface area (Å²) in [5, 5.41) is 0. The van der Waals surface area contributed by atoms with Crippen LogP contribution in [0.25, 0.3) is 0 Å². The highest BCUT2D eigenvalue weighted by Gasteiger charge is 2.28. The lowest BCUT2D eigenvalue weighted by Gasteiger charge is -2.24. The molecular weight excluding hydrogens is 200 g/mol. The van der Waals surface area contributed by atoms with E-state index >= 15 is 0 Å². The Morgan fingerprint density at radius 1 is 1.44 bits per heavy atom. The van der Waals surface area contributed by atoms with Gasteiger partial charge in [-0.25, -0.2) is 9.97 Å². The first-order valence-corrected chi connectivity index (χ1v) is 5.77. The van der Waals surface area contributed by atoms with Crippen molar-refractivity contribution in [1.82, 2.24) is 9.97 Å². The molecule has 0 N–H and O–H groups in total. The van der Waals surface area contributed by atoms with Crippen LogP contribution in [0, 0.1) is 6.92 Å².